The molecule has 0 amide bonds. The summed E-state index contributed by atoms with van der Waals surface area (Å²) in [6, 6.07) is 15.3. The standard InChI is InChI=1S/C22H20ClN3O3/c1-27-13-17-21(15-5-4-6-16(23)11-15)22-24-10-9-18(26(22)25-17)14-7-8-19(28-2)20(12-14)29-3/h4-12H,13H2,1-3H3. The van der Waals surface area contributed by atoms with Gasteiger partial charge in [0.15, 0.2) is 17.1 Å². The first kappa shape index (κ1) is 19.2. The topological polar surface area (TPSA) is 57.9 Å². The third-order valence-corrected chi connectivity index (χ3v) is 4.90. The van der Waals surface area contributed by atoms with Crippen LogP contribution in [-0.2, 0) is 11.3 Å². The fraction of sp³-hybridized carbons (Fsp3) is 0.182. The predicted molar refractivity (Wildman–Crippen MR) is 113 cm³/mol. The van der Waals surface area contributed by atoms with Crippen molar-refractivity contribution in [1.82, 2.24) is 14.6 Å². The van der Waals surface area contributed by atoms with Gasteiger partial charge >= 0.3 is 0 Å². The zero-order chi connectivity index (χ0) is 20.4. The average molecular weight is 410 g/mol. The van der Waals surface area contributed by atoms with Gasteiger partial charge in [0.25, 0.3) is 0 Å². The highest BCUT2D eigenvalue weighted by Crippen LogP contribution is 2.35. The van der Waals surface area contributed by atoms with Gasteiger partial charge in [0.1, 0.15) is 0 Å². The lowest BCUT2D eigenvalue weighted by atomic mass is 10.1. The van der Waals surface area contributed by atoms with E-state index in [0.717, 1.165) is 33.7 Å². The first-order chi connectivity index (χ1) is 14.2. The molecule has 0 saturated carbocycles. The summed E-state index contributed by atoms with van der Waals surface area (Å²) in [6.07, 6.45) is 1.77. The van der Waals surface area contributed by atoms with Crippen LogP contribution >= 0.6 is 11.6 Å². The molecule has 0 fully saturated rings. The van der Waals surface area contributed by atoms with E-state index in [9.17, 15) is 0 Å². The molecule has 0 radical (unpaired) electrons. The van der Waals surface area contributed by atoms with Crippen molar-refractivity contribution in [2.45, 2.75) is 6.61 Å². The minimum atomic E-state index is 0.358. The van der Waals surface area contributed by atoms with Gasteiger partial charge < -0.3 is 14.2 Å². The van der Waals surface area contributed by atoms with Gasteiger partial charge in [-0.25, -0.2) is 9.50 Å². The molecule has 6 nitrogen and oxygen atoms in total. The second-order valence-electron chi connectivity index (χ2n) is 6.40. The minimum absolute atomic E-state index is 0.358. The first-order valence-electron chi connectivity index (χ1n) is 9.00. The molecule has 0 N–H and O–H groups in total. The van der Waals surface area contributed by atoms with Crippen LogP contribution in [0, 0.1) is 0 Å². The summed E-state index contributed by atoms with van der Waals surface area (Å²) < 4.78 is 18.0. The van der Waals surface area contributed by atoms with Crippen molar-refractivity contribution in [3.8, 4) is 33.9 Å². The van der Waals surface area contributed by atoms with Gasteiger partial charge in [-0.1, -0.05) is 23.7 Å². The van der Waals surface area contributed by atoms with E-state index < -0.39 is 0 Å². The number of fused-ring (bicyclic) bond motifs is 1. The molecule has 0 bridgehead atoms. The Morgan fingerprint density at radius 1 is 0.931 bits per heavy atom. The van der Waals surface area contributed by atoms with Crippen LogP contribution in [0.4, 0.5) is 0 Å². The number of rotatable bonds is 6. The molecular weight excluding hydrogens is 390 g/mol. The van der Waals surface area contributed by atoms with Crippen molar-refractivity contribution in [2.75, 3.05) is 21.3 Å². The highest BCUT2D eigenvalue weighted by molar-refractivity contribution is 6.30. The molecule has 0 spiro atoms. The Bertz CT molecular complexity index is 1170. The monoisotopic (exact) mass is 409 g/mol. The number of methoxy groups -OCH3 is 3. The second-order valence-corrected chi connectivity index (χ2v) is 6.84. The normalized spacial score (nSPS) is 11.0. The van der Waals surface area contributed by atoms with Gasteiger partial charge in [0.05, 0.1) is 37.8 Å². The van der Waals surface area contributed by atoms with E-state index in [2.05, 4.69) is 4.98 Å². The quantitative estimate of drug-likeness (QED) is 0.454. The van der Waals surface area contributed by atoms with Gasteiger partial charge in [-0.3, -0.25) is 0 Å². The number of hydrogen-bond acceptors (Lipinski definition) is 5. The van der Waals surface area contributed by atoms with Gasteiger partial charge in [-0.2, -0.15) is 5.10 Å². The third kappa shape index (κ3) is 3.52. The van der Waals surface area contributed by atoms with Crippen LogP contribution in [0.1, 0.15) is 5.69 Å². The van der Waals surface area contributed by atoms with Gasteiger partial charge in [-0.05, 0) is 42.0 Å². The van der Waals surface area contributed by atoms with Crippen LogP contribution in [0.3, 0.4) is 0 Å². The van der Waals surface area contributed by atoms with Crippen molar-refractivity contribution in [2.24, 2.45) is 0 Å². The summed E-state index contributed by atoms with van der Waals surface area (Å²) >= 11 is 6.23. The lowest BCUT2D eigenvalue weighted by Gasteiger charge is -2.10. The Balaban J connectivity index is 1.96. The van der Waals surface area contributed by atoms with E-state index in [-0.39, 0.29) is 0 Å². The molecule has 7 heteroatoms. The van der Waals surface area contributed by atoms with E-state index in [1.165, 1.54) is 0 Å². The van der Waals surface area contributed by atoms with Crippen LogP contribution in [0.15, 0.2) is 54.7 Å². The minimum Gasteiger partial charge on any atom is -0.493 e. The smallest absolute Gasteiger partial charge is 0.163 e. The SMILES string of the molecule is COCc1nn2c(-c3ccc(OC)c(OC)c3)ccnc2c1-c1cccc(Cl)c1. The van der Waals surface area contributed by atoms with Gasteiger partial charge in [-0.15, -0.1) is 0 Å². The second kappa shape index (κ2) is 8.11. The zero-order valence-electron chi connectivity index (χ0n) is 16.3. The van der Waals surface area contributed by atoms with Gasteiger partial charge in [0, 0.05) is 23.9 Å². The molecule has 0 aliphatic rings. The molecule has 148 valence electrons. The molecule has 4 rings (SSSR count). The number of nitrogens with zero attached hydrogens (tertiary/aromatic N) is 3. The van der Waals surface area contributed by atoms with Crippen LogP contribution in [0.2, 0.25) is 5.02 Å². The summed E-state index contributed by atoms with van der Waals surface area (Å²) in [6.45, 7) is 0.358. The molecule has 4 aromatic rings. The molecule has 0 aliphatic heterocycles. The van der Waals surface area contributed by atoms with Crippen LogP contribution < -0.4 is 9.47 Å². The maximum atomic E-state index is 6.23. The fourth-order valence-electron chi connectivity index (χ4n) is 3.38. The number of benzene rings is 2. The third-order valence-electron chi connectivity index (χ3n) is 4.66. The molecule has 2 aromatic carbocycles. The molecule has 0 atom stereocenters. The number of hydrogen-bond donors (Lipinski definition) is 0. The largest absolute Gasteiger partial charge is 0.493 e. The van der Waals surface area contributed by atoms with Gasteiger partial charge in [0.2, 0.25) is 0 Å². The lowest BCUT2D eigenvalue weighted by molar-refractivity contribution is 0.181. The highest BCUT2D eigenvalue weighted by Gasteiger charge is 2.19. The summed E-state index contributed by atoms with van der Waals surface area (Å²) in [7, 11) is 4.88. The van der Waals surface area contributed by atoms with E-state index >= 15 is 0 Å². The molecule has 0 unspecified atom stereocenters. The van der Waals surface area contributed by atoms with E-state index in [1.54, 1.807) is 27.5 Å². The van der Waals surface area contributed by atoms with E-state index in [1.807, 2.05) is 53.0 Å². The summed E-state index contributed by atoms with van der Waals surface area (Å²) in [5.74, 6) is 1.32. The number of aromatic nitrogens is 3. The molecule has 0 saturated heterocycles. The molecule has 2 heterocycles. The number of halogens is 1. The zero-order valence-corrected chi connectivity index (χ0v) is 17.1. The average Bonchev–Trinajstić information content (AvgIpc) is 3.11. The Kier molecular flexibility index (Phi) is 5.38. The van der Waals surface area contributed by atoms with Crippen LogP contribution in [0.5, 0.6) is 11.5 Å². The Morgan fingerprint density at radius 3 is 2.48 bits per heavy atom. The highest BCUT2D eigenvalue weighted by atomic mass is 35.5. The summed E-state index contributed by atoms with van der Waals surface area (Å²) in [4.78, 5) is 4.60. The van der Waals surface area contributed by atoms with Crippen molar-refractivity contribution in [3.63, 3.8) is 0 Å². The Labute approximate surface area is 173 Å². The molecule has 2 aromatic heterocycles. The summed E-state index contributed by atoms with van der Waals surface area (Å²) in [5.41, 5.74) is 5.16. The molecule has 0 aliphatic carbocycles. The maximum absolute atomic E-state index is 6.23. The molecular formula is C22H20ClN3O3. The van der Waals surface area contributed by atoms with Crippen molar-refractivity contribution in [3.05, 3.63) is 65.4 Å². The van der Waals surface area contributed by atoms with Crippen LogP contribution in [-0.4, -0.2) is 35.9 Å². The lowest BCUT2D eigenvalue weighted by Crippen LogP contribution is -1.98. The van der Waals surface area contributed by atoms with Crippen LogP contribution in [0.25, 0.3) is 28.0 Å². The number of ether oxygens (including phenoxy) is 3. The van der Waals surface area contributed by atoms with Crippen molar-refractivity contribution >= 4 is 17.2 Å². The predicted octanol–water partition coefficient (Wildman–Crippen LogP) is 4.88. The first-order valence-corrected chi connectivity index (χ1v) is 9.38. The van der Waals surface area contributed by atoms with Crippen molar-refractivity contribution < 1.29 is 14.2 Å². The van der Waals surface area contributed by atoms with Crippen molar-refractivity contribution in [1.29, 1.82) is 0 Å². The van der Waals surface area contributed by atoms with E-state index in [4.69, 9.17) is 30.9 Å². The Hall–Kier alpha value is -3.09. The fourth-order valence-corrected chi connectivity index (χ4v) is 3.57. The van der Waals surface area contributed by atoms with E-state index in [0.29, 0.717) is 23.1 Å². The summed E-state index contributed by atoms with van der Waals surface area (Å²) in [5, 5.41) is 5.45. The Morgan fingerprint density at radius 2 is 1.76 bits per heavy atom. The maximum Gasteiger partial charge on any atom is 0.163 e. The molecule has 29 heavy (non-hydrogen) atoms.